The molecule has 2 rings (SSSR count). The summed E-state index contributed by atoms with van der Waals surface area (Å²) in [5, 5.41) is 2.86. The summed E-state index contributed by atoms with van der Waals surface area (Å²) >= 11 is 0. The average molecular weight is 238 g/mol. The molecule has 0 aromatic carbocycles. The Balaban J connectivity index is 2.31. The molecule has 96 valence electrons. The molecule has 0 aromatic heterocycles. The van der Waals surface area contributed by atoms with Crippen LogP contribution in [0.15, 0.2) is 0 Å². The molecule has 4 heteroatoms. The van der Waals surface area contributed by atoms with Crippen LogP contribution in [-0.2, 0) is 9.59 Å². The summed E-state index contributed by atoms with van der Waals surface area (Å²) in [6, 6.07) is -0.739. The molecule has 1 aliphatic heterocycles. The Labute approximate surface area is 103 Å². The van der Waals surface area contributed by atoms with Gasteiger partial charge in [-0.1, -0.05) is 20.8 Å². The predicted molar refractivity (Wildman–Crippen MR) is 65.3 cm³/mol. The molecule has 2 amide bonds. The summed E-state index contributed by atoms with van der Waals surface area (Å²) in [5.41, 5.74) is -0.325. The Kier molecular flexibility index (Phi) is 2.53. The first-order chi connectivity index (χ1) is 7.67. The Bertz CT molecular complexity index is 366. The molecular formula is C13H22N2O2. The Morgan fingerprint density at radius 3 is 2.24 bits per heavy atom. The molecule has 1 aliphatic carbocycles. The van der Waals surface area contributed by atoms with Gasteiger partial charge >= 0.3 is 0 Å². The Morgan fingerprint density at radius 1 is 1.29 bits per heavy atom. The number of hydrogen-bond donors (Lipinski definition) is 1. The van der Waals surface area contributed by atoms with E-state index in [0.717, 1.165) is 12.8 Å². The molecule has 4 nitrogen and oxygen atoms in total. The Morgan fingerprint density at radius 2 is 1.82 bits per heavy atom. The molecule has 2 aliphatic rings. The maximum atomic E-state index is 12.5. The summed E-state index contributed by atoms with van der Waals surface area (Å²) in [6.45, 7) is 9.84. The van der Waals surface area contributed by atoms with Gasteiger partial charge in [-0.05, 0) is 32.1 Å². The molecule has 0 radical (unpaired) electrons. The van der Waals surface area contributed by atoms with E-state index < -0.39 is 6.04 Å². The van der Waals surface area contributed by atoms with E-state index in [9.17, 15) is 9.59 Å². The minimum Gasteiger partial charge on any atom is -0.342 e. The van der Waals surface area contributed by atoms with Crippen molar-refractivity contribution in [2.75, 3.05) is 0 Å². The van der Waals surface area contributed by atoms with Crippen molar-refractivity contribution in [2.24, 2.45) is 5.41 Å². The van der Waals surface area contributed by atoms with Crippen LogP contribution >= 0.6 is 0 Å². The molecule has 1 saturated heterocycles. The molecule has 2 atom stereocenters. The van der Waals surface area contributed by atoms with Crippen molar-refractivity contribution in [2.45, 2.75) is 65.1 Å². The first-order valence-corrected chi connectivity index (χ1v) is 6.30. The van der Waals surface area contributed by atoms with Gasteiger partial charge in [-0.25, -0.2) is 0 Å². The largest absolute Gasteiger partial charge is 0.342 e. The van der Waals surface area contributed by atoms with Crippen molar-refractivity contribution in [3.63, 3.8) is 0 Å². The second kappa shape index (κ2) is 3.47. The van der Waals surface area contributed by atoms with E-state index in [1.165, 1.54) is 0 Å². The van der Waals surface area contributed by atoms with Crippen molar-refractivity contribution >= 4 is 11.8 Å². The predicted octanol–water partition coefficient (Wildman–Crippen LogP) is 1.30. The van der Waals surface area contributed by atoms with Crippen LogP contribution in [0.1, 0.15) is 47.5 Å². The molecule has 1 heterocycles. The van der Waals surface area contributed by atoms with Crippen LogP contribution in [0.4, 0.5) is 0 Å². The van der Waals surface area contributed by atoms with Gasteiger partial charge in [0.25, 0.3) is 0 Å². The average Bonchev–Trinajstić information content (AvgIpc) is 2.89. The summed E-state index contributed by atoms with van der Waals surface area (Å²) in [4.78, 5) is 26.3. The Hall–Kier alpha value is -1.06. The molecule has 0 spiro atoms. The molecule has 2 unspecified atom stereocenters. The highest BCUT2D eigenvalue weighted by molar-refractivity contribution is 5.97. The maximum Gasteiger partial charge on any atom is 0.246 e. The van der Waals surface area contributed by atoms with Gasteiger partial charge in [-0.15, -0.1) is 0 Å². The quantitative estimate of drug-likeness (QED) is 0.748. The molecule has 0 bridgehead atoms. The van der Waals surface area contributed by atoms with Crippen LogP contribution in [0.3, 0.4) is 0 Å². The fraction of sp³-hybridized carbons (Fsp3) is 0.846. The molecule has 2 fully saturated rings. The van der Waals surface area contributed by atoms with E-state index in [1.807, 2.05) is 32.6 Å². The minimum atomic E-state index is -0.399. The number of amides is 2. The highest BCUT2D eigenvalue weighted by atomic mass is 16.2. The van der Waals surface area contributed by atoms with E-state index in [4.69, 9.17) is 0 Å². The summed E-state index contributed by atoms with van der Waals surface area (Å²) < 4.78 is 0. The van der Waals surface area contributed by atoms with Crippen LogP contribution in [0, 0.1) is 5.41 Å². The zero-order chi connectivity index (χ0) is 13.0. The van der Waals surface area contributed by atoms with Crippen LogP contribution in [0.25, 0.3) is 0 Å². The smallest absolute Gasteiger partial charge is 0.246 e. The van der Waals surface area contributed by atoms with Gasteiger partial charge in [-0.2, -0.15) is 0 Å². The monoisotopic (exact) mass is 238 g/mol. The zero-order valence-corrected chi connectivity index (χ0v) is 11.3. The van der Waals surface area contributed by atoms with Crippen LogP contribution in [0.5, 0.6) is 0 Å². The maximum absolute atomic E-state index is 12.5. The van der Waals surface area contributed by atoms with Gasteiger partial charge in [0.15, 0.2) is 0 Å². The molecular weight excluding hydrogens is 216 g/mol. The highest BCUT2D eigenvalue weighted by Crippen LogP contribution is 2.44. The number of nitrogens with zero attached hydrogens (tertiary/aromatic N) is 1. The van der Waals surface area contributed by atoms with Crippen molar-refractivity contribution in [1.29, 1.82) is 0 Å². The fourth-order valence-electron chi connectivity index (χ4n) is 2.51. The lowest BCUT2D eigenvalue weighted by molar-refractivity contribution is -0.155. The summed E-state index contributed by atoms with van der Waals surface area (Å²) in [7, 11) is 0. The fourth-order valence-corrected chi connectivity index (χ4v) is 2.51. The molecule has 17 heavy (non-hydrogen) atoms. The number of hydrogen-bond acceptors (Lipinski definition) is 2. The van der Waals surface area contributed by atoms with Gasteiger partial charge in [0.2, 0.25) is 11.8 Å². The first-order valence-electron chi connectivity index (χ1n) is 6.30. The first kappa shape index (κ1) is 12.4. The van der Waals surface area contributed by atoms with Crippen LogP contribution in [-0.4, -0.2) is 34.3 Å². The van der Waals surface area contributed by atoms with Gasteiger partial charge in [-0.3, -0.25) is 9.59 Å². The number of carbonyl (C=O) groups excluding carboxylic acids is 2. The lowest BCUT2D eigenvalue weighted by atomic mass is 9.83. The third-order valence-corrected chi connectivity index (χ3v) is 3.96. The standard InChI is InChI=1S/C13H22N2O2/c1-8-10(16)14-9(12(2,3)4)11(17)15(8)13(5)6-7-13/h8-9H,6-7H2,1-5H3,(H,14,16). The van der Waals surface area contributed by atoms with Crippen molar-refractivity contribution in [3.8, 4) is 0 Å². The van der Waals surface area contributed by atoms with Gasteiger partial charge in [0.1, 0.15) is 12.1 Å². The molecule has 1 saturated carbocycles. The minimum absolute atomic E-state index is 0.0300. The SMILES string of the molecule is CC1C(=O)NC(C(C)(C)C)C(=O)N1C1(C)CC1. The van der Waals surface area contributed by atoms with E-state index in [-0.39, 0.29) is 28.8 Å². The zero-order valence-electron chi connectivity index (χ0n) is 11.3. The van der Waals surface area contributed by atoms with Crippen molar-refractivity contribution in [1.82, 2.24) is 10.2 Å². The van der Waals surface area contributed by atoms with Crippen LogP contribution < -0.4 is 5.32 Å². The summed E-state index contributed by atoms with van der Waals surface area (Å²) in [6.07, 6.45) is 2.01. The third-order valence-electron chi connectivity index (χ3n) is 3.96. The second-order valence-electron chi connectivity index (χ2n) is 6.69. The van der Waals surface area contributed by atoms with E-state index in [1.54, 1.807) is 0 Å². The number of nitrogens with one attached hydrogen (secondary N) is 1. The van der Waals surface area contributed by atoms with Crippen molar-refractivity contribution in [3.05, 3.63) is 0 Å². The van der Waals surface area contributed by atoms with Gasteiger partial charge < -0.3 is 10.2 Å². The van der Waals surface area contributed by atoms with E-state index in [0.29, 0.717) is 0 Å². The van der Waals surface area contributed by atoms with Crippen molar-refractivity contribution < 1.29 is 9.59 Å². The molecule has 0 aromatic rings. The summed E-state index contributed by atoms with van der Waals surface area (Å²) in [5.74, 6) is 0.0438. The lowest BCUT2D eigenvalue weighted by Gasteiger charge is -2.45. The number of rotatable bonds is 1. The molecule has 1 N–H and O–H groups in total. The van der Waals surface area contributed by atoms with E-state index >= 15 is 0 Å². The normalized spacial score (nSPS) is 32.4. The number of carbonyl (C=O) groups is 2. The highest BCUT2D eigenvalue weighted by Gasteiger charge is 2.54. The second-order valence-corrected chi connectivity index (χ2v) is 6.69. The third kappa shape index (κ3) is 1.94. The lowest BCUT2D eigenvalue weighted by Crippen LogP contribution is -2.68. The van der Waals surface area contributed by atoms with Crippen LogP contribution in [0.2, 0.25) is 0 Å². The van der Waals surface area contributed by atoms with Gasteiger partial charge in [0.05, 0.1) is 0 Å². The van der Waals surface area contributed by atoms with Gasteiger partial charge in [0, 0.05) is 5.54 Å². The van der Waals surface area contributed by atoms with E-state index in [2.05, 4.69) is 12.2 Å². The number of piperazine rings is 1. The topological polar surface area (TPSA) is 49.4 Å².